The average Bonchev–Trinajstić information content (AvgIpc) is 3.71. The third kappa shape index (κ3) is 8.12. The van der Waals surface area contributed by atoms with Crippen LogP contribution in [0.15, 0.2) is 83.0 Å². The Bertz CT molecular complexity index is 1820. The van der Waals surface area contributed by atoms with Crippen LogP contribution in [0.2, 0.25) is 0 Å². The smallest absolute Gasteiger partial charge is 0.268 e. The Morgan fingerprint density at radius 3 is 2.13 bits per heavy atom. The molecule has 14 heteroatoms. The highest BCUT2D eigenvalue weighted by Crippen LogP contribution is 2.26. The van der Waals surface area contributed by atoms with Gasteiger partial charge in [0.1, 0.15) is 30.2 Å². The SMILES string of the molecule is CC[C@H](C)[C@@H]1NC(=O)[C@@H](Cc2ccccc2)NC(=O)[C@@H]2CCCN2C(=O)[C@@H](Cc2ccccc2)N(C)C(=O)[C@@H]2C=CC=NN2C(=O)[C@H]2CCC=NN2C1=O. The van der Waals surface area contributed by atoms with Crippen LogP contribution in [0.3, 0.4) is 0 Å². The number of hydrogen-bond acceptors (Lipinski definition) is 8. The Balaban J connectivity index is 1.44. The van der Waals surface area contributed by atoms with Crippen LogP contribution in [0.1, 0.15) is 57.1 Å². The lowest BCUT2D eigenvalue weighted by Gasteiger charge is -2.39. The predicted octanol–water partition coefficient (Wildman–Crippen LogP) is 2.05. The van der Waals surface area contributed by atoms with Crippen LogP contribution in [0.5, 0.6) is 0 Å². The molecule has 0 spiro atoms. The van der Waals surface area contributed by atoms with E-state index < -0.39 is 71.7 Å². The number of rotatable bonds is 6. The largest absolute Gasteiger partial charge is 0.342 e. The van der Waals surface area contributed by atoms with Crippen LogP contribution in [0.4, 0.5) is 0 Å². The van der Waals surface area contributed by atoms with E-state index in [0.29, 0.717) is 25.7 Å². The summed E-state index contributed by atoms with van der Waals surface area (Å²) in [6, 6.07) is 12.0. The van der Waals surface area contributed by atoms with Crippen molar-refractivity contribution in [1.29, 1.82) is 0 Å². The van der Waals surface area contributed by atoms with E-state index in [9.17, 15) is 28.8 Å². The number of allylic oxidation sites excluding steroid dienone is 1. The summed E-state index contributed by atoms with van der Waals surface area (Å²) < 4.78 is 0. The van der Waals surface area contributed by atoms with Crippen molar-refractivity contribution < 1.29 is 28.8 Å². The van der Waals surface area contributed by atoms with Crippen molar-refractivity contribution in [2.45, 2.75) is 95.0 Å². The van der Waals surface area contributed by atoms with Crippen molar-refractivity contribution in [2.24, 2.45) is 16.1 Å². The topological polar surface area (TPSA) is 164 Å². The Kier molecular flexibility index (Phi) is 12.0. The van der Waals surface area contributed by atoms with Crippen molar-refractivity contribution in [3.8, 4) is 0 Å². The third-order valence-corrected chi connectivity index (χ3v) is 10.8. The Morgan fingerprint density at radius 1 is 0.759 bits per heavy atom. The fourth-order valence-electron chi connectivity index (χ4n) is 7.46. The maximum Gasteiger partial charge on any atom is 0.268 e. The van der Waals surface area contributed by atoms with E-state index in [1.54, 1.807) is 12.3 Å². The molecule has 2 aromatic carbocycles. The third-order valence-electron chi connectivity index (χ3n) is 10.8. The van der Waals surface area contributed by atoms with E-state index in [1.165, 1.54) is 29.1 Å². The minimum absolute atomic E-state index is 0.124. The van der Waals surface area contributed by atoms with Crippen molar-refractivity contribution in [1.82, 2.24) is 30.5 Å². The van der Waals surface area contributed by atoms with E-state index in [4.69, 9.17) is 0 Å². The number of likely N-dealkylation sites (N-methyl/N-ethyl adjacent to an activating group) is 1. The lowest BCUT2D eigenvalue weighted by molar-refractivity contribution is -0.155. The zero-order valence-corrected chi connectivity index (χ0v) is 30.9. The fraction of sp³-hybridized carbons (Fsp3) is 0.450. The van der Waals surface area contributed by atoms with E-state index in [0.717, 1.165) is 21.1 Å². The van der Waals surface area contributed by atoms with Crippen LogP contribution in [0, 0.1) is 5.92 Å². The second kappa shape index (κ2) is 17.0. The normalized spacial score (nSPS) is 27.5. The van der Waals surface area contributed by atoms with Crippen molar-refractivity contribution in [2.75, 3.05) is 13.6 Å². The molecule has 0 aromatic heterocycles. The first-order valence-electron chi connectivity index (χ1n) is 18.7. The molecule has 4 aliphatic heterocycles. The zero-order valence-electron chi connectivity index (χ0n) is 30.9. The molecule has 2 aromatic rings. The first-order chi connectivity index (χ1) is 26.1. The highest BCUT2D eigenvalue weighted by atomic mass is 16.2. The molecule has 0 aliphatic carbocycles. The van der Waals surface area contributed by atoms with Crippen LogP contribution >= 0.6 is 0 Å². The van der Waals surface area contributed by atoms with Crippen LogP contribution in [-0.2, 0) is 41.6 Å². The molecule has 284 valence electrons. The maximum absolute atomic E-state index is 14.6. The summed E-state index contributed by atoms with van der Waals surface area (Å²) in [5.41, 5.74) is 1.58. The van der Waals surface area contributed by atoms with Crippen LogP contribution < -0.4 is 10.6 Å². The minimum atomic E-state index is -1.22. The Morgan fingerprint density at radius 2 is 1.44 bits per heavy atom. The van der Waals surface area contributed by atoms with E-state index in [1.807, 2.05) is 74.5 Å². The number of hydrazone groups is 2. The highest BCUT2D eigenvalue weighted by molar-refractivity contribution is 6.00. The standard InChI is InChI=1S/C40H48N8O6/c1-4-26(2)34-40(54)48-32(19-12-22-42-48)39(53)47-31(18-11-21-41-47)37(51)45(3)33(25-28-16-9-6-10-17-28)38(52)46-23-13-20-30(46)36(50)43-29(35(49)44-34)24-27-14-7-5-8-15-27/h5-11,14-18,21-22,26,29-34H,4,12-13,19-20,23-25H2,1-3H3,(H,43,50)(H,44,49)/t26-,29+,30-,31-,32+,33+,34-/m0/s1. The molecule has 2 saturated heterocycles. The highest BCUT2D eigenvalue weighted by Gasteiger charge is 2.46. The first-order valence-corrected chi connectivity index (χ1v) is 18.7. The summed E-state index contributed by atoms with van der Waals surface area (Å²) in [4.78, 5) is 89.3. The molecule has 0 saturated carbocycles. The summed E-state index contributed by atoms with van der Waals surface area (Å²) in [5.74, 6) is -3.65. The predicted molar refractivity (Wildman–Crippen MR) is 202 cm³/mol. The molecule has 0 unspecified atom stereocenters. The summed E-state index contributed by atoms with van der Waals surface area (Å²) >= 11 is 0. The number of benzene rings is 2. The number of nitrogens with zero attached hydrogens (tertiary/aromatic N) is 6. The van der Waals surface area contributed by atoms with E-state index in [-0.39, 0.29) is 31.7 Å². The monoisotopic (exact) mass is 736 g/mol. The maximum atomic E-state index is 14.6. The molecule has 2 N–H and O–H groups in total. The van der Waals surface area contributed by atoms with Gasteiger partial charge in [-0.15, -0.1) is 0 Å². The number of hydrogen-bond donors (Lipinski definition) is 2. The number of amides is 6. The second-order valence-corrected chi connectivity index (χ2v) is 14.3. The molecule has 54 heavy (non-hydrogen) atoms. The summed E-state index contributed by atoms with van der Waals surface area (Å²) in [7, 11) is 1.52. The van der Waals surface area contributed by atoms with E-state index in [2.05, 4.69) is 20.8 Å². The molecule has 2 fully saturated rings. The van der Waals surface area contributed by atoms with Gasteiger partial charge >= 0.3 is 0 Å². The molecule has 7 atom stereocenters. The van der Waals surface area contributed by atoms with Gasteiger partial charge in [0.05, 0.1) is 0 Å². The van der Waals surface area contributed by atoms with Crippen LogP contribution in [0.25, 0.3) is 0 Å². The Hall–Kier alpha value is -5.66. The number of nitrogens with one attached hydrogen (secondary N) is 2. The minimum Gasteiger partial charge on any atom is -0.342 e. The van der Waals surface area contributed by atoms with Gasteiger partial charge in [0, 0.05) is 38.9 Å². The first kappa shape index (κ1) is 38.1. The summed E-state index contributed by atoms with van der Waals surface area (Å²) in [6.07, 6.45) is 8.31. The van der Waals surface area contributed by atoms with Gasteiger partial charge < -0.3 is 20.4 Å². The number of carbonyl (C=O) groups excluding carboxylic acids is 6. The van der Waals surface area contributed by atoms with Gasteiger partial charge in [-0.2, -0.15) is 10.2 Å². The van der Waals surface area contributed by atoms with Gasteiger partial charge in [0.15, 0.2) is 6.04 Å². The van der Waals surface area contributed by atoms with Crippen molar-refractivity contribution >= 4 is 47.9 Å². The molecule has 6 rings (SSSR count). The van der Waals surface area contributed by atoms with Crippen molar-refractivity contribution in [3.63, 3.8) is 0 Å². The molecule has 4 aliphatic rings. The molecular formula is C40H48N8O6. The Labute approximate surface area is 315 Å². The molecule has 0 radical (unpaired) electrons. The van der Waals surface area contributed by atoms with Gasteiger partial charge in [0.2, 0.25) is 17.7 Å². The lowest BCUT2D eigenvalue weighted by Crippen LogP contribution is -2.62. The number of carbonyl (C=O) groups is 6. The van der Waals surface area contributed by atoms with Gasteiger partial charge in [0.25, 0.3) is 17.7 Å². The van der Waals surface area contributed by atoms with Gasteiger partial charge in [-0.1, -0.05) is 80.9 Å². The summed E-state index contributed by atoms with van der Waals surface area (Å²) in [6.45, 7) is 3.99. The van der Waals surface area contributed by atoms with Crippen LogP contribution in [-0.4, -0.2) is 118 Å². The molecule has 6 amide bonds. The van der Waals surface area contributed by atoms with E-state index >= 15 is 0 Å². The molecular weight excluding hydrogens is 688 g/mol. The van der Waals surface area contributed by atoms with Gasteiger partial charge in [-0.25, -0.2) is 10.0 Å². The quantitative estimate of drug-likeness (QED) is 0.461. The average molecular weight is 737 g/mol. The zero-order chi connectivity index (χ0) is 38.4. The molecule has 4 heterocycles. The fourth-order valence-corrected chi connectivity index (χ4v) is 7.46. The molecule has 14 nitrogen and oxygen atoms in total. The number of fused-ring (bicyclic) bond motifs is 3. The summed E-state index contributed by atoms with van der Waals surface area (Å²) in [5, 5.41) is 16.6. The van der Waals surface area contributed by atoms with Gasteiger partial charge in [-0.3, -0.25) is 28.8 Å². The van der Waals surface area contributed by atoms with Gasteiger partial charge in [-0.05, 0) is 54.9 Å². The molecule has 0 bridgehead atoms. The second-order valence-electron chi connectivity index (χ2n) is 14.3. The lowest BCUT2D eigenvalue weighted by atomic mass is 9.95. The van der Waals surface area contributed by atoms with Crippen molar-refractivity contribution in [3.05, 3.63) is 83.9 Å².